The Bertz CT molecular complexity index is 993. The van der Waals surface area contributed by atoms with Crippen LogP contribution in [0.15, 0.2) is 53.6 Å². The molecule has 1 amide bonds. The second-order valence-electron chi connectivity index (χ2n) is 5.41. The minimum absolute atomic E-state index is 0.00737. The van der Waals surface area contributed by atoms with Gasteiger partial charge in [-0.1, -0.05) is 31.2 Å². The van der Waals surface area contributed by atoms with Crippen molar-refractivity contribution < 1.29 is 13.2 Å². The fourth-order valence-corrected chi connectivity index (χ4v) is 4.11. The molecule has 1 heterocycles. The van der Waals surface area contributed by atoms with E-state index in [9.17, 15) is 13.2 Å². The van der Waals surface area contributed by atoms with Gasteiger partial charge in [-0.3, -0.25) is 9.89 Å². The summed E-state index contributed by atoms with van der Waals surface area (Å²) >= 11 is 0. The molecule has 0 unspecified atom stereocenters. The summed E-state index contributed by atoms with van der Waals surface area (Å²) in [6.07, 6.45) is 2.15. The third kappa shape index (κ3) is 3.03. The molecule has 1 aromatic heterocycles. The molecular formula is C17H17N3O3S. The number of nitrogens with one attached hydrogen (secondary N) is 2. The summed E-state index contributed by atoms with van der Waals surface area (Å²) in [5.74, 6) is -0.458. The average Bonchev–Trinajstić information content (AvgIpc) is 3.04. The van der Waals surface area contributed by atoms with E-state index in [1.807, 2.05) is 6.07 Å². The van der Waals surface area contributed by atoms with Crippen LogP contribution in [-0.4, -0.2) is 30.3 Å². The minimum atomic E-state index is -3.49. The Morgan fingerprint density at radius 3 is 2.75 bits per heavy atom. The molecule has 2 N–H and O–H groups in total. The van der Waals surface area contributed by atoms with Crippen LogP contribution in [-0.2, 0) is 9.84 Å². The van der Waals surface area contributed by atoms with Crippen molar-refractivity contribution >= 4 is 32.3 Å². The van der Waals surface area contributed by atoms with Gasteiger partial charge in [0.2, 0.25) is 0 Å². The third-order valence-electron chi connectivity index (χ3n) is 3.66. The SMILES string of the molecule is CCCS(=O)(=O)c1ccccc1C(=O)Nc1cccc2cn[nH]c12. The molecule has 0 radical (unpaired) electrons. The van der Waals surface area contributed by atoms with Crippen LogP contribution in [0, 0.1) is 0 Å². The summed E-state index contributed by atoms with van der Waals surface area (Å²) in [5, 5.41) is 10.4. The Labute approximate surface area is 139 Å². The first-order valence-electron chi connectivity index (χ1n) is 7.58. The highest BCUT2D eigenvalue weighted by atomic mass is 32.2. The number of anilines is 1. The molecule has 0 aliphatic heterocycles. The van der Waals surface area contributed by atoms with Gasteiger partial charge in [0.25, 0.3) is 5.91 Å². The Morgan fingerprint density at radius 2 is 1.96 bits per heavy atom. The quantitative estimate of drug-likeness (QED) is 0.745. The van der Waals surface area contributed by atoms with Gasteiger partial charge < -0.3 is 5.32 Å². The maximum atomic E-state index is 12.6. The minimum Gasteiger partial charge on any atom is -0.320 e. The molecule has 0 bridgehead atoms. The van der Waals surface area contributed by atoms with Crippen molar-refractivity contribution in [1.29, 1.82) is 0 Å². The molecule has 2 aromatic carbocycles. The molecule has 0 atom stereocenters. The van der Waals surface area contributed by atoms with Crippen LogP contribution < -0.4 is 5.32 Å². The largest absolute Gasteiger partial charge is 0.320 e. The highest BCUT2D eigenvalue weighted by Crippen LogP contribution is 2.23. The third-order valence-corrected chi connectivity index (χ3v) is 5.64. The summed E-state index contributed by atoms with van der Waals surface area (Å²) < 4.78 is 24.8. The second-order valence-corrected chi connectivity index (χ2v) is 7.49. The van der Waals surface area contributed by atoms with Gasteiger partial charge in [0.1, 0.15) is 0 Å². The van der Waals surface area contributed by atoms with Gasteiger partial charge in [-0.15, -0.1) is 0 Å². The molecule has 0 saturated heterocycles. The molecule has 0 aliphatic rings. The number of rotatable bonds is 5. The van der Waals surface area contributed by atoms with Gasteiger partial charge in [-0.05, 0) is 24.6 Å². The van der Waals surface area contributed by atoms with Crippen LogP contribution in [0.2, 0.25) is 0 Å². The maximum absolute atomic E-state index is 12.6. The highest BCUT2D eigenvalue weighted by Gasteiger charge is 2.21. The number of H-pyrrole nitrogens is 1. The van der Waals surface area contributed by atoms with E-state index in [1.165, 1.54) is 12.1 Å². The number of carbonyl (C=O) groups excluding carboxylic acids is 1. The predicted octanol–water partition coefficient (Wildman–Crippen LogP) is 3.00. The fraction of sp³-hybridized carbons (Fsp3) is 0.176. The summed E-state index contributed by atoms with van der Waals surface area (Å²) in [5.41, 5.74) is 1.39. The molecule has 0 spiro atoms. The zero-order valence-corrected chi connectivity index (χ0v) is 13.9. The summed E-state index contributed by atoms with van der Waals surface area (Å²) in [6.45, 7) is 1.79. The maximum Gasteiger partial charge on any atom is 0.257 e. The summed E-state index contributed by atoms with van der Waals surface area (Å²) in [7, 11) is -3.49. The Kier molecular flexibility index (Phi) is 4.35. The summed E-state index contributed by atoms with van der Waals surface area (Å²) in [4.78, 5) is 12.7. The van der Waals surface area contributed by atoms with Gasteiger partial charge in [-0.2, -0.15) is 5.10 Å². The molecular weight excluding hydrogens is 326 g/mol. The number of aromatic amines is 1. The van der Waals surface area contributed by atoms with Crippen molar-refractivity contribution in [3.05, 3.63) is 54.2 Å². The van der Waals surface area contributed by atoms with E-state index >= 15 is 0 Å². The number of aromatic nitrogens is 2. The van der Waals surface area contributed by atoms with Crippen LogP contribution in [0.1, 0.15) is 23.7 Å². The molecule has 124 valence electrons. The van der Waals surface area contributed by atoms with Crippen molar-refractivity contribution in [2.24, 2.45) is 0 Å². The summed E-state index contributed by atoms with van der Waals surface area (Å²) in [6, 6.07) is 11.7. The van der Waals surface area contributed by atoms with E-state index in [0.717, 1.165) is 5.39 Å². The molecule has 0 aliphatic carbocycles. The first-order valence-corrected chi connectivity index (χ1v) is 9.23. The number of nitrogens with zero attached hydrogens (tertiary/aromatic N) is 1. The fourth-order valence-electron chi connectivity index (χ4n) is 2.57. The first-order chi connectivity index (χ1) is 11.5. The van der Waals surface area contributed by atoms with Gasteiger partial charge in [-0.25, -0.2) is 8.42 Å². The van der Waals surface area contributed by atoms with E-state index in [2.05, 4.69) is 15.5 Å². The lowest BCUT2D eigenvalue weighted by atomic mass is 10.2. The Hall–Kier alpha value is -2.67. The number of hydrogen-bond donors (Lipinski definition) is 2. The lowest BCUT2D eigenvalue weighted by molar-refractivity contribution is 0.102. The van der Waals surface area contributed by atoms with Crippen LogP contribution in [0.25, 0.3) is 10.9 Å². The lowest BCUT2D eigenvalue weighted by Crippen LogP contribution is -2.18. The van der Waals surface area contributed by atoms with Crippen LogP contribution in [0.5, 0.6) is 0 Å². The normalized spacial score (nSPS) is 11.5. The molecule has 3 rings (SSSR count). The van der Waals surface area contributed by atoms with Gasteiger partial charge in [0.05, 0.1) is 33.6 Å². The zero-order chi connectivity index (χ0) is 17.2. The molecule has 3 aromatic rings. The van der Waals surface area contributed by atoms with Crippen LogP contribution >= 0.6 is 0 Å². The van der Waals surface area contributed by atoms with Crippen molar-refractivity contribution in [3.8, 4) is 0 Å². The molecule has 0 fully saturated rings. The highest BCUT2D eigenvalue weighted by molar-refractivity contribution is 7.91. The van der Waals surface area contributed by atoms with Crippen molar-refractivity contribution in [1.82, 2.24) is 10.2 Å². The Balaban J connectivity index is 1.98. The zero-order valence-electron chi connectivity index (χ0n) is 13.1. The number of carbonyl (C=O) groups is 1. The standard InChI is InChI=1S/C17H17N3O3S/c1-2-10-24(22,23)15-9-4-3-7-13(15)17(21)19-14-8-5-6-12-11-18-20-16(12)14/h3-9,11H,2,10H2,1H3,(H,18,20)(H,19,21). The van der Waals surface area contributed by atoms with E-state index < -0.39 is 15.7 Å². The van der Waals surface area contributed by atoms with Gasteiger partial charge in [0.15, 0.2) is 9.84 Å². The Morgan fingerprint density at radius 1 is 1.17 bits per heavy atom. The monoisotopic (exact) mass is 343 g/mol. The van der Waals surface area contributed by atoms with Gasteiger partial charge >= 0.3 is 0 Å². The number of para-hydroxylation sites is 1. The van der Waals surface area contributed by atoms with Crippen molar-refractivity contribution in [2.75, 3.05) is 11.1 Å². The van der Waals surface area contributed by atoms with Crippen molar-refractivity contribution in [3.63, 3.8) is 0 Å². The van der Waals surface area contributed by atoms with Crippen LogP contribution in [0.3, 0.4) is 0 Å². The first kappa shape index (κ1) is 16.2. The number of fused-ring (bicyclic) bond motifs is 1. The van der Waals surface area contributed by atoms with E-state index in [0.29, 0.717) is 17.6 Å². The second kappa shape index (κ2) is 6.45. The lowest BCUT2D eigenvalue weighted by Gasteiger charge is -2.11. The predicted molar refractivity (Wildman–Crippen MR) is 92.8 cm³/mol. The van der Waals surface area contributed by atoms with Gasteiger partial charge in [0, 0.05) is 5.39 Å². The molecule has 0 saturated carbocycles. The average molecular weight is 343 g/mol. The molecule has 24 heavy (non-hydrogen) atoms. The van der Waals surface area contributed by atoms with E-state index in [4.69, 9.17) is 0 Å². The molecule has 6 nitrogen and oxygen atoms in total. The number of sulfone groups is 1. The van der Waals surface area contributed by atoms with E-state index in [-0.39, 0.29) is 16.2 Å². The number of amides is 1. The molecule has 7 heteroatoms. The van der Waals surface area contributed by atoms with E-state index in [1.54, 1.807) is 37.4 Å². The van der Waals surface area contributed by atoms with Crippen LogP contribution in [0.4, 0.5) is 5.69 Å². The van der Waals surface area contributed by atoms with Crippen molar-refractivity contribution in [2.45, 2.75) is 18.2 Å². The topological polar surface area (TPSA) is 91.9 Å². The number of hydrogen-bond acceptors (Lipinski definition) is 4. The smallest absolute Gasteiger partial charge is 0.257 e. The number of benzene rings is 2.